The van der Waals surface area contributed by atoms with E-state index in [4.69, 9.17) is 4.74 Å². The molecule has 0 saturated heterocycles. The third-order valence-corrected chi connectivity index (χ3v) is 3.27. The molecule has 1 aromatic rings. The zero-order valence-corrected chi connectivity index (χ0v) is 11.8. The summed E-state index contributed by atoms with van der Waals surface area (Å²) in [5.41, 5.74) is 1.35. The Morgan fingerprint density at radius 2 is 2.18 bits per heavy atom. The van der Waals surface area contributed by atoms with E-state index in [0.717, 1.165) is 25.5 Å². The predicted molar refractivity (Wildman–Crippen MR) is 75.6 cm³/mol. The van der Waals surface area contributed by atoms with E-state index in [1.54, 1.807) is 0 Å². The van der Waals surface area contributed by atoms with Crippen LogP contribution >= 0.6 is 11.8 Å². The molecular weight excluding hydrogens is 230 g/mol. The van der Waals surface area contributed by atoms with Crippen LogP contribution in [0.15, 0.2) is 29.2 Å². The van der Waals surface area contributed by atoms with Gasteiger partial charge in [0.05, 0.1) is 6.61 Å². The monoisotopic (exact) mass is 253 g/mol. The lowest BCUT2D eigenvalue weighted by Crippen LogP contribution is -2.21. The van der Waals surface area contributed by atoms with Gasteiger partial charge in [0.25, 0.3) is 0 Å². The minimum atomic E-state index is 0.532. The fourth-order valence-corrected chi connectivity index (χ4v) is 2.28. The predicted octanol–water partition coefficient (Wildman–Crippen LogP) is 3.31. The molecule has 17 heavy (non-hydrogen) atoms. The molecule has 0 bridgehead atoms. The Kier molecular flexibility index (Phi) is 7.33. The number of thioether (sulfide) groups is 1. The van der Waals surface area contributed by atoms with Gasteiger partial charge in [0.2, 0.25) is 0 Å². The lowest BCUT2D eigenvalue weighted by atomic mass is 10.2. The molecule has 0 aromatic heterocycles. The van der Waals surface area contributed by atoms with Gasteiger partial charge in [0, 0.05) is 29.8 Å². The zero-order chi connectivity index (χ0) is 12.5. The number of hydrogen-bond donors (Lipinski definition) is 1. The first-order valence-corrected chi connectivity index (χ1v) is 7.23. The van der Waals surface area contributed by atoms with E-state index in [0.29, 0.717) is 6.04 Å². The Labute approximate surface area is 109 Å². The van der Waals surface area contributed by atoms with E-state index < -0.39 is 0 Å². The number of benzene rings is 1. The molecular formula is C14H23NOS. The summed E-state index contributed by atoms with van der Waals surface area (Å²) in [5.74, 6) is 1.02. The Balaban J connectivity index is 2.37. The summed E-state index contributed by atoms with van der Waals surface area (Å²) in [6, 6.07) is 9.24. The first-order valence-electron chi connectivity index (χ1n) is 6.25. The maximum atomic E-state index is 5.33. The Morgan fingerprint density at radius 1 is 1.35 bits per heavy atom. The van der Waals surface area contributed by atoms with Gasteiger partial charge >= 0.3 is 0 Å². The molecule has 0 aliphatic heterocycles. The SMILES string of the molecule is CCOCCSc1cccc(CNC(C)C)c1. The van der Waals surface area contributed by atoms with Crippen molar-refractivity contribution < 1.29 is 4.74 Å². The van der Waals surface area contributed by atoms with Crippen molar-refractivity contribution in [2.24, 2.45) is 0 Å². The van der Waals surface area contributed by atoms with Gasteiger partial charge in [-0.2, -0.15) is 0 Å². The van der Waals surface area contributed by atoms with Gasteiger partial charge < -0.3 is 10.1 Å². The molecule has 0 aliphatic carbocycles. The van der Waals surface area contributed by atoms with Crippen LogP contribution in [-0.2, 0) is 11.3 Å². The average Bonchev–Trinajstić information content (AvgIpc) is 2.33. The Hall–Kier alpha value is -0.510. The molecule has 96 valence electrons. The quantitative estimate of drug-likeness (QED) is 0.567. The Morgan fingerprint density at radius 3 is 2.88 bits per heavy atom. The van der Waals surface area contributed by atoms with Crippen molar-refractivity contribution in [1.82, 2.24) is 5.32 Å². The molecule has 0 radical (unpaired) electrons. The van der Waals surface area contributed by atoms with Crippen LogP contribution in [-0.4, -0.2) is 25.0 Å². The second-order valence-electron chi connectivity index (χ2n) is 4.23. The molecule has 0 saturated carbocycles. The molecule has 0 amide bonds. The molecule has 0 spiro atoms. The summed E-state index contributed by atoms with van der Waals surface area (Å²) in [6.07, 6.45) is 0. The fraction of sp³-hybridized carbons (Fsp3) is 0.571. The summed E-state index contributed by atoms with van der Waals surface area (Å²) < 4.78 is 5.33. The van der Waals surface area contributed by atoms with Gasteiger partial charge in [-0.15, -0.1) is 11.8 Å². The van der Waals surface area contributed by atoms with Crippen molar-refractivity contribution >= 4 is 11.8 Å². The average molecular weight is 253 g/mol. The number of ether oxygens (including phenoxy) is 1. The highest BCUT2D eigenvalue weighted by Crippen LogP contribution is 2.18. The van der Waals surface area contributed by atoms with E-state index in [9.17, 15) is 0 Å². The fourth-order valence-electron chi connectivity index (χ4n) is 1.43. The third-order valence-electron chi connectivity index (χ3n) is 2.31. The van der Waals surface area contributed by atoms with Gasteiger partial charge in [-0.05, 0) is 24.6 Å². The topological polar surface area (TPSA) is 21.3 Å². The number of hydrogen-bond acceptors (Lipinski definition) is 3. The van der Waals surface area contributed by atoms with Crippen LogP contribution in [0.4, 0.5) is 0 Å². The molecule has 0 unspecified atom stereocenters. The van der Waals surface area contributed by atoms with E-state index in [1.165, 1.54) is 10.5 Å². The Bertz CT molecular complexity index is 315. The second kappa shape index (κ2) is 8.56. The van der Waals surface area contributed by atoms with Gasteiger partial charge in [-0.3, -0.25) is 0 Å². The number of nitrogens with one attached hydrogen (secondary N) is 1. The van der Waals surface area contributed by atoms with Crippen molar-refractivity contribution in [2.75, 3.05) is 19.0 Å². The standard InChI is InChI=1S/C14H23NOS/c1-4-16-8-9-17-14-7-5-6-13(10-14)11-15-12(2)3/h5-7,10,12,15H,4,8-9,11H2,1-3H3. The summed E-state index contributed by atoms with van der Waals surface area (Å²) >= 11 is 1.86. The number of rotatable bonds is 8. The van der Waals surface area contributed by atoms with Crippen molar-refractivity contribution in [2.45, 2.75) is 38.3 Å². The highest BCUT2D eigenvalue weighted by molar-refractivity contribution is 7.99. The first kappa shape index (κ1) is 14.6. The molecule has 1 N–H and O–H groups in total. The van der Waals surface area contributed by atoms with Crippen LogP contribution < -0.4 is 5.32 Å². The minimum absolute atomic E-state index is 0.532. The van der Waals surface area contributed by atoms with E-state index >= 15 is 0 Å². The molecule has 3 heteroatoms. The molecule has 0 aliphatic rings. The van der Waals surface area contributed by atoms with Gasteiger partial charge in [0.1, 0.15) is 0 Å². The summed E-state index contributed by atoms with van der Waals surface area (Å²) in [4.78, 5) is 1.33. The van der Waals surface area contributed by atoms with Crippen molar-refractivity contribution in [3.05, 3.63) is 29.8 Å². The van der Waals surface area contributed by atoms with Crippen LogP contribution in [0, 0.1) is 0 Å². The van der Waals surface area contributed by atoms with Crippen LogP contribution in [0.3, 0.4) is 0 Å². The maximum Gasteiger partial charge on any atom is 0.0560 e. The molecule has 1 aromatic carbocycles. The highest BCUT2D eigenvalue weighted by atomic mass is 32.2. The van der Waals surface area contributed by atoms with Crippen LogP contribution in [0.2, 0.25) is 0 Å². The van der Waals surface area contributed by atoms with Gasteiger partial charge in [-0.25, -0.2) is 0 Å². The van der Waals surface area contributed by atoms with E-state index in [2.05, 4.69) is 43.4 Å². The molecule has 0 atom stereocenters. The highest BCUT2D eigenvalue weighted by Gasteiger charge is 1.98. The largest absolute Gasteiger partial charge is 0.381 e. The van der Waals surface area contributed by atoms with E-state index in [-0.39, 0.29) is 0 Å². The van der Waals surface area contributed by atoms with Crippen molar-refractivity contribution in [1.29, 1.82) is 0 Å². The minimum Gasteiger partial charge on any atom is -0.381 e. The van der Waals surface area contributed by atoms with Gasteiger partial charge in [-0.1, -0.05) is 26.0 Å². The molecule has 2 nitrogen and oxygen atoms in total. The normalized spacial score (nSPS) is 11.1. The van der Waals surface area contributed by atoms with E-state index in [1.807, 2.05) is 18.7 Å². The zero-order valence-electron chi connectivity index (χ0n) is 11.0. The smallest absolute Gasteiger partial charge is 0.0560 e. The second-order valence-corrected chi connectivity index (χ2v) is 5.40. The summed E-state index contributed by atoms with van der Waals surface area (Å²) in [6.45, 7) is 8.94. The third kappa shape index (κ3) is 6.71. The summed E-state index contributed by atoms with van der Waals surface area (Å²) in [5, 5.41) is 3.43. The van der Waals surface area contributed by atoms with Crippen LogP contribution in [0.25, 0.3) is 0 Å². The first-order chi connectivity index (χ1) is 8.22. The molecule has 0 fully saturated rings. The molecule has 1 rings (SSSR count). The van der Waals surface area contributed by atoms with Crippen LogP contribution in [0.5, 0.6) is 0 Å². The molecule has 0 heterocycles. The lowest BCUT2D eigenvalue weighted by Gasteiger charge is -2.09. The van der Waals surface area contributed by atoms with Crippen LogP contribution in [0.1, 0.15) is 26.3 Å². The summed E-state index contributed by atoms with van der Waals surface area (Å²) in [7, 11) is 0. The van der Waals surface area contributed by atoms with Crippen molar-refractivity contribution in [3.8, 4) is 0 Å². The maximum absolute atomic E-state index is 5.33. The van der Waals surface area contributed by atoms with Crippen molar-refractivity contribution in [3.63, 3.8) is 0 Å². The lowest BCUT2D eigenvalue weighted by molar-refractivity contribution is 0.164. The van der Waals surface area contributed by atoms with Gasteiger partial charge in [0.15, 0.2) is 0 Å².